The zero-order valence-electron chi connectivity index (χ0n) is 24.1. The van der Waals surface area contributed by atoms with E-state index in [0.717, 1.165) is 28.0 Å². The standard InChI is InChI=1S/C31H39ClN8O2/c1-36-26(10-13-33)23-8-9-24(25(32)16-23)18-39-14-11-31(42,12-15-39)19-40-20-38-29(27(35)30(40)41)28(37-2)22-5-3-4-21(17-34)6-7-22/h3-4,6-10,13,16,20,33,35-37,42H,5,11-12,14-15,17-19,34H2,1-2H3/b26-10-,29-28+,33-13?,35-27?. The predicted molar refractivity (Wildman–Crippen MR) is 170 cm³/mol. The number of piperidine rings is 1. The third-order valence-corrected chi connectivity index (χ3v) is 8.13. The van der Waals surface area contributed by atoms with E-state index in [2.05, 4.69) is 20.5 Å². The molecule has 1 amide bonds. The summed E-state index contributed by atoms with van der Waals surface area (Å²) in [6.07, 6.45) is 13.7. The third kappa shape index (κ3) is 7.14. The van der Waals surface area contributed by atoms with Crippen LogP contribution in [0.1, 0.15) is 30.4 Å². The van der Waals surface area contributed by atoms with E-state index < -0.39 is 11.5 Å². The Kier molecular flexibility index (Phi) is 10.3. The number of likely N-dealkylation sites (tertiary alicyclic amines) is 1. The number of nitrogens with zero attached hydrogens (tertiary/aromatic N) is 3. The fraction of sp³-hybridized carbons (Fsp3) is 0.355. The van der Waals surface area contributed by atoms with E-state index in [1.165, 1.54) is 17.5 Å². The first kappa shape index (κ1) is 31.1. The van der Waals surface area contributed by atoms with E-state index in [1.54, 1.807) is 20.2 Å². The first-order chi connectivity index (χ1) is 20.2. The lowest BCUT2D eigenvalue weighted by atomic mass is 9.90. The van der Waals surface area contributed by atoms with E-state index >= 15 is 0 Å². The SMILES string of the molecule is CN/C(=C\C=N)c1ccc(CN2CCC(O)(CN3C=N/C(=C(/NC)C4=CC=C(CN)C=CC4)C(=N)C3=O)CC2)c(Cl)c1. The molecule has 42 heavy (non-hydrogen) atoms. The quantitative estimate of drug-likeness (QED) is 0.230. The van der Waals surface area contributed by atoms with Gasteiger partial charge >= 0.3 is 0 Å². The summed E-state index contributed by atoms with van der Waals surface area (Å²) in [6.45, 7) is 2.41. The Hall–Kier alpha value is -3.83. The first-order valence-electron chi connectivity index (χ1n) is 14.0. The minimum atomic E-state index is -1.09. The van der Waals surface area contributed by atoms with Gasteiger partial charge in [0.25, 0.3) is 5.91 Å². The van der Waals surface area contributed by atoms with Gasteiger partial charge in [-0.25, -0.2) is 4.99 Å². The van der Waals surface area contributed by atoms with Crippen LogP contribution >= 0.6 is 11.6 Å². The Labute approximate surface area is 252 Å². The van der Waals surface area contributed by atoms with Crippen molar-refractivity contribution in [2.75, 3.05) is 40.3 Å². The highest BCUT2D eigenvalue weighted by molar-refractivity contribution is 6.46. The summed E-state index contributed by atoms with van der Waals surface area (Å²) in [5, 5.41) is 34.1. The molecule has 4 rings (SSSR count). The molecular formula is C31H39ClN8O2. The van der Waals surface area contributed by atoms with Crippen LogP contribution in [0.15, 0.2) is 76.1 Å². The molecular weight excluding hydrogens is 552 g/mol. The molecule has 2 heterocycles. The Bertz CT molecular complexity index is 1410. The molecule has 1 fully saturated rings. The Morgan fingerprint density at radius 1 is 1.24 bits per heavy atom. The Morgan fingerprint density at radius 3 is 2.64 bits per heavy atom. The van der Waals surface area contributed by atoms with Crippen LogP contribution in [-0.4, -0.2) is 85.0 Å². The highest BCUT2D eigenvalue weighted by Gasteiger charge is 2.38. The highest BCUT2D eigenvalue weighted by atomic mass is 35.5. The molecule has 1 saturated heterocycles. The number of β-amino-alcohol motifs (C(OH)–C–C–N with tert-alkyl or cyclic N) is 1. The largest absolute Gasteiger partial charge is 0.388 e. The Morgan fingerprint density at radius 2 is 2.00 bits per heavy atom. The Balaban J connectivity index is 1.40. The van der Waals surface area contributed by atoms with Gasteiger partial charge in [0, 0.05) is 57.2 Å². The lowest BCUT2D eigenvalue weighted by Crippen LogP contribution is -2.53. The summed E-state index contributed by atoms with van der Waals surface area (Å²) in [6, 6.07) is 5.85. The van der Waals surface area contributed by atoms with Crippen LogP contribution in [-0.2, 0) is 11.3 Å². The van der Waals surface area contributed by atoms with E-state index in [1.807, 2.05) is 42.5 Å². The number of likely N-dealkylation sites (N-methyl/N-ethyl adjacent to an activating group) is 1. The third-order valence-electron chi connectivity index (χ3n) is 7.78. The molecule has 11 heteroatoms. The number of halogens is 1. The molecule has 0 radical (unpaired) electrons. The summed E-state index contributed by atoms with van der Waals surface area (Å²) >= 11 is 6.59. The minimum Gasteiger partial charge on any atom is -0.388 e. The lowest BCUT2D eigenvalue weighted by molar-refractivity contribution is -0.124. The molecule has 7 N–H and O–H groups in total. The van der Waals surface area contributed by atoms with Gasteiger partial charge in [-0.15, -0.1) is 0 Å². The maximum absolute atomic E-state index is 13.2. The molecule has 1 aromatic rings. The number of allylic oxidation sites excluding steroid dienone is 5. The second-order valence-electron chi connectivity index (χ2n) is 10.6. The minimum absolute atomic E-state index is 0.0728. The molecule has 0 bridgehead atoms. The lowest BCUT2D eigenvalue weighted by Gasteiger charge is -2.40. The van der Waals surface area contributed by atoms with Crippen LogP contribution in [0.25, 0.3) is 5.70 Å². The summed E-state index contributed by atoms with van der Waals surface area (Å²) in [7, 11) is 3.55. The maximum atomic E-state index is 13.2. The van der Waals surface area contributed by atoms with Gasteiger partial charge in [0.1, 0.15) is 11.4 Å². The number of hydrogen-bond acceptors (Lipinski definition) is 9. The number of amides is 1. The average Bonchev–Trinajstić information content (AvgIpc) is 3.24. The van der Waals surface area contributed by atoms with Crippen molar-refractivity contribution in [2.24, 2.45) is 10.7 Å². The van der Waals surface area contributed by atoms with Gasteiger partial charge in [-0.2, -0.15) is 0 Å². The molecule has 0 spiro atoms. The van der Waals surface area contributed by atoms with Crippen molar-refractivity contribution < 1.29 is 9.90 Å². The number of nitrogens with one attached hydrogen (secondary N) is 4. The molecule has 2 aliphatic heterocycles. The van der Waals surface area contributed by atoms with Gasteiger partial charge in [-0.05, 0) is 53.7 Å². The van der Waals surface area contributed by atoms with Crippen molar-refractivity contribution in [3.8, 4) is 0 Å². The van der Waals surface area contributed by atoms with Crippen molar-refractivity contribution in [1.29, 1.82) is 10.8 Å². The molecule has 0 aromatic heterocycles. The van der Waals surface area contributed by atoms with Gasteiger partial charge in [0.2, 0.25) is 0 Å². The van der Waals surface area contributed by atoms with Crippen molar-refractivity contribution in [2.45, 2.75) is 31.4 Å². The van der Waals surface area contributed by atoms with Crippen molar-refractivity contribution >= 4 is 41.5 Å². The smallest absolute Gasteiger partial charge is 0.279 e. The number of nitrogens with two attached hydrogens (primary N) is 1. The maximum Gasteiger partial charge on any atom is 0.279 e. The van der Waals surface area contributed by atoms with Crippen LogP contribution in [0.4, 0.5) is 0 Å². The number of benzene rings is 1. The van der Waals surface area contributed by atoms with Gasteiger partial charge in [-0.3, -0.25) is 20.0 Å². The number of carbonyl (C=O) groups excluding carboxylic acids is 1. The zero-order valence-corrected chi connectivity index (χ0v) is 24.8. The van der Waals surface area contributed by atoms with Crippen LogP contribution < -0.4 is 16.4 Å². The van der Waals surface area contributed by atoms with Gasteiger partial charge in [0.05, 0.1) is 24.2 Å². The molecule has 10 nitrogen and oxygen atoms in total. The zero-order chi connectivity index (χ0) is 30.3. The summed E-state index contributed by atoms with van der Waals surface area (Å²) in [5.41, 5.74) is 9.96. The predicted octanol–water partition coefficient (Wildman–Crippen LogP) is 2.97. The summed E-state index contributed by atoms with van der Waals surface area (Å²) in [4.78, 5) is 21.3. The number of rotatable bonds is 10. The summed E-state index contributed by atoms with van der Waals surface area (Å²) < 4.78 is 0. The number of hydrogen-bond donors (Lipinski definition) is 6. The fourth-order valence-corrected chi connectivity index (χ4v) is 5.55. The number of aliphatic hydroxyl groups is 1. The second kappa shape index (κ2) is 13.9. The van der Waals surface area contributed by atoms with Crippen LogP contribution in [0.5, 0.6) is 0 Å². The monoisotopic (exact) mass is 590 g/mol. The van der Waals surface area contributed by atoms with Crippen LogP contribution in [0.2, 0.25) is 5.02 Å². The molecule has 3 aliphatic rings. The average molecular weight is 591 g/mol. The van der Waals surface area contributed by atoms with E-state index in [-0.39, 0.29) is 18.0 Å². The molecule has 222 valence electrons. The van der Waals surface area contributed by atoms with E-state index in [0.29, 0.717) is 56.2 Å². The van der Waals surface area contributed by atoms with Crippen molar-refractivity contribution in [3.05, 3.63) is 87.3 Å². The second-order valence-corrected chi connectivity index (χ2v) is 11.0. The molecule has 0 saturated carbocycles. The van der Waals surface area contributed by atoms with Gasteiger partial charge < -0.3 is 26.9 Å². The topological polar surface area (TPSA) is 154 Å². The summed E-state index contributed by atoms with van der Waals surface area (Å²) in [5.74, 6) is -0.489. The molecule has 0 atom stereocenters. The normalized spacial score (nSPS) is 20.6. The fourth-order valence-electron chi connectivity index (χ4n) is 5.31. The van der Waals surface area contributed by atoms with Gasteiger partial charge in [-0.1, -0.05) is 48.0 Å². The molecule has 0 unspecified atom stereocenters. The van der Waals surface area contributed by atoms with E-state index in [4.69, 9.17) is 28.2 Å². The highest BCUT2D eigenvalue weighted by Crippen LogP contribution is 2.29. The van der Waals surface area contributed by atoms with Crippen molar-refractivity contribution in [1.82, 2.24) is 20.4 Å². The van der Waals surface area contributed by atoms with Gasteiger partial charge in [0.15, 0.2) is 0 Å². The van der Waals surface area contributed by atoms with E-state index in [9.17, 15) is 9.90 Å². The van der Waals surface area contributed by atoms with Crippen LogP contribution in [0.3, 0.4) is 0 Å². The van der Waals surface area contributed by atoms with Crippen LogP contribution in [0, 0.1) is 10.8 Å². The number of aliphatic imine (C=N–C) groups is 1. The number of carbonyl (C=O) groups is 1. The van der Waals surface area contributed by atoms with Crippen molar-refractivity contribution in [3.63, 3.8) is 0 Å². The molecule has 1 aliphatic carbocycles. The first-order valence-corrected chi connectivity index (χ1v) is 14.3. The molecule has 1 aromatic carbocycles.